The Balaban J connectivity index is 2.78. The summed E-state index contributed by atoms with van der Waals surface area (Å²) in [5.74, 6) is 0.165. The second-order valence-corrected chi connectivity index (χ2v) is 2.32. The van der Waals surface area contributed by atoms with Gasteiger partial charge in [-0.1, -0.05) is 0 Å². The highest BCUT2D eigenvalue weighted by molar-refractivity contribution is 5.27. The fourth-order valence-corrected chi connectivity index (χ4v) is 0.815. The van der Waals surface area contributed by atoms with Gasteiger partial charge in [0.15, 0.2) is 0 Å². The Hall–Kier alpha value is -1.26. The van der Waals surface area contributed by atoms with E-state index in [0.717, 1.165) is 0 Å². The summed E-state index contributed by atoms with van der Waals surface area (Å²) in [6, 6.07) is 2.48. The molecule has 0 saturated carbocycles. The van der Waals surface area contributed by atoms with Crippen molar-refractivity contribution in [3.05, 3.63) is 30.3 Å². The predicted molar refractivity (Wildman–Crippen MR) is 40.2 cm³/mol. The molecule has 1 heterocycles. The highest BCUT2D eigenvalue weighted by Gasteiger charge is 2.28. The van der Waals surface area contributed by atoms with E-state index in [-0.39, 0.29) is 17.9 Å². The minimum absolute atomic E-state index is 0.0272. The first-order chi connectivity index (χ1) is 6.01. The van der Waals surface area contributed by atoms with Gasteiger partial charge >= 0.3 is 6.18 Å². The molecule has 0 aliphatic heterocycles. The molecule has 0 saturated heterocycles. The van der Waals surface area contributed by atoms with Crippen molar-refractivity contribution in [1.29, 1.82) is 0 Å². The van der Waals surface area contributed by atoms with Crippen LogP contribution in [0, 0.1) is 6.42 Å². The van der Waals surface area contributed by atoms with Crippen molar-refractivity contribution in [2.75, 3.05) is 7.11 Å². The minimum Gasteiger partial charge on any atom is -0.481 e. The first kappa shape index (κ1) is 9.83. The number of hydrogen-bond donors (Lipinski definition) is 0. The Morgan fingerprint density at radius 2 is 2.15 bits per heavy atom. The van der Waals surface area contributed by atoms with E-state index in [4.69, 9.17) is 0 Å². The summed E-state index contributed by atoms with van der Waals surface area (Å²) in [5.41, 5.74) is 0.0272. The van der Waals surface area contributed by atoms with E-state index in [9.17, 15) is 13.2 Å². The number of alkyl halides is 3. The average molecular weight is 190 g/mol. The standard InChI is InChI=1S/C8H7F3NO/c1-13-7-4-6(2-3-12-7)5-8(9,10)11/h2-5H,1H3. The summed E-state index contributed by atoms with van der Waals surface area (Å²) in [7, 11) is 1.35. The lowest BCUT2D eigenvalue weighted by atomic mass is 10.2. The third-order valence-electron chi connectivity index (χ3n) is 1.30. The molecule has 2 nitrogen and oxygen atoms in total. The van der Waals surface area contributed by atoms with Gasteiger partial charge in [0.05, 0.1) is 13.5 Å². The molecular weight excluding hydrogens is 183 g/mol. The lowest BCUT2D eigenvalue weighted by Gasteiger charge is -2.05. The summed E-state index contributed by atoms with van der Waals surface area (Å²) in [6.07, 6.45) is -2.86. The molecule has 0 aliphatic rings. The van der Waals surface area contributed by atoms with Gasteiger partial charge in [-0.2, -0.15) is 13.2 Å². The molecule has 0 bridgehead atoms. The van der Waals surface area contributed by atoms with Gasteiger partial charge in [0.2, 0.25) is 5.88 Å². The zero-order valence-corrected chi connectivity index (χ0v) is 6.80. The third-order valence-corrected chi connectivity index (χ3v) is 1.30. The first-order valence-electron chi connectivity index (χ1n) is 3.44. The number of ether oxygens (including phenoxy) is 1. The van der Waals surface area contributed by atoms with Crippen LogP contribution in [0.15, 0.2) is 18.3 Å². The molecule has 1 aromatic rings. The Morgan fingerprint density at radius 3 is 2.69 bits per heavy atom. The molecule has 0 fully saturated rings. The number of hydrogen-bond acceptors (Lipinski definition) is 2. The zero-order valence-electron chi connectivity index (χ0n) is 6.80. The maximum atomic E-state index is 11.9. The van der Waals surface area contributed by atoms with Crippen LogP contribution in [-0.4, -0.2) is 18.3 Å². The number of pyridine rings is 1. The number of nitrogens with zero attached hydrogens (tertiary/aromatic N) is 1. The number of rotatable bonds is 2. The van der Waals surface area contributed by atoms with Crippen LogP contribution in [0.25, 0.3) is 0 Å². The van der Waals surface area contributed by atoms with Gasteiger partial charge in [-0.15, -0.1) is 0 Å². The molecule has 1 aromatic heterocycles. The van der Waals surface area contributed by atoms with E-state index in [2.05, 4.69) is 9.72 Å². The van der Waals surface area contributed by atoms with Gasteiger partial charge in [0, 0.05) is 12.3 Å². The molecule has 1 rings (SSSR count). The van der Waals surface area contributed by atoms with Crippen molar-refractivity contribution in [2.45, 2.75) is 6.18 Å². The molecular formula is C8H7F3NO. The first-order valence-corrected chi connectivity index (χ1v) is 3.44. The maximum Gasteiger partial charge on any atom is 0.396 e. The second-order valence-electron chi connectivity index (χ2n) is 2.32. The van der Waals surface area contributed by atoms with Crippen molar-refractivity contribution in [3.63, 3.8) is 0 Å². The van der Waals surface area contributed by atoms with Gasteiger partial charge in [0.25, 0.3) is 0 Å². The van der Waals surface area contributed by atoms with Crippen LogP contribution in [-0.2, 0) is 0 Å². The van der Waals surface area contributed by atoms with E-state index in [1.54, 1.807) is 0 Å². The van der Waals surface area contributed by atoms with Gasteiger partial charge in [-0.05, 0) is 11.6 Å². The Kier molecular flexibility index (Phi) is 2.75. The average Bonchev–Trinajstić information content (AvgIpc) is 2.01. The van der Waals surface area contributed by atoms with E-state index in [0.29, 0.717) is 0 Å². The highest BCUT2D eigenvalue weighted by atomic mass is 19.4. The van der Waals surface area contributed by atoms with Gasteiger partial charge in [-0.3, -0.25) is 0 Å². The van der Waals surface area contributed by atoms with E-state index >= 15 is 0 Å². The summed E-state index contributed by atoms with van der Waals surface area (Å²) < 4.78 is 40.3. The molecule has 71 valence electrons. The van der Waals surface area contributed by atoms with Crippen LogP contribution in [0.3, 0.4) is 0 Å². The summed E-state index contributed by atoms with van der Waals surface area (Å²) in [4.78, 5) is 3.68. The summed E-state index contributed by atoms with van der Waals surface area (Å²) in [6.45, 7) is 0. The molecule has 0 atom stereocenters. The van der Waals surface area contributed by atoms with Crippen molar-refractivity contribution < 1.29 is 17.9 Å². The molecule has 1 radical (unpaired) electrons. The smallest absolute Gasteiger partial charge is 0.396 e. The van der Waals surface area contributed by atoms with Crippen LogP contribution >= 0.6 is 0 Å². The zero-order chi connectivity index (χ0) is 9.90. The van der Waals surface area contributed by atoms with E-state index in [1.807, 2.05) is 0 Å². The fourth-order valence-electron chi connectivity index (χ4n) is 0.815. The van der Waals surface area contributed by atoms with Gasteiger partial charge < -0.3 is 4.74 Å². The molecule has 0 amide bonds. The van der Waals surface area contributed by atoms with E-state index in [1.165, 1.54) is 25.4 Å². The topological polar surface area (TPSA) is 22.1 Å². The summed E-state index contributed by atoms with van der Waals surface area (Å²) >= 11 is 0. The number of halogens is 3. The Bertz CT molecular complexity index is 285. The summed E-state index contributed by atoms with van der Waals surface area (Å²) in [5, 5.41) is 0. The number of aromatic nitrogens is 1. The van der Waals surface area contributed by atoms with E-state index < -0.39 is 6.18 Å². The second kappa shape index (κ2) is 3.64. The van der Waals surface area contributed by atoms with Crippen molar-refractivity contribution in [2.24, 2.45) is 0 Å². The van der Waals surface area contributed by atoms with Crippen molar-refractivity contribution in [3.8, 4) is 5.88 Å². The molecule has 0 N–H and O–H groups in total. The van der Waals surface area contributed by atoms with Crippen LogP contribution in [0.1, 0.15) is 5.56 Å². The Labute approximate surface area is 73.4 Å². The Morgan fingerprint density at radius 1 is 1.46 bits per heavy atom. The lowest BCUT2D eigenvalue weighted by molar-refractivity contribution is -0.0927. The molecule has 0 aromatic carbocycles. The normalized spacial score (nSPS) is 11.4. The maximum absolute atomic E-state index is 11.9. The van der Waals surface area contributed by atoms with Crippen molar-refractivity contribution in [1.82, 2.24) is 4.98 Å². The molecule has 0 spiro atoms. The molecule has 0 unspecified atom stereocenters. The highest BCUT2D eigenvalue weighted by Crippen LogP contribution is 2.24. The van der Waals surface area contributed by atoms with Crippen LogP contribution in [0.5, 0.6) is 5.88 Å². The predicted octanol–water partition coefficient (Wildman–Crippen LogP) is 2.20. The fraction of sp³-hybridized carbons (Fsp3) is 0.250. The molecule has 0 aliphatic carbocycles. The largest absolute Gasteiger partial charge is 0.481 e. The monoisotopic (exact) mass is 190 g/mol. The van der Waals surface area contributed by atoms with Crippen LogP contribution < -0.4 is 4.74 Å². The minimum atomic E-state index is -4.31. The molecule has 13 heavy (non-hydrogen) atoms. The lowest BCUT2D eigenvalue weighted by Crippen LogP contribution is -2.08. The van der Waals surface area contributed by atoms with Crippen LogP contribution in [0.4, 0.5) is 13.2 Å². The SMILES string of the molecule is COc1cc([CH]C(F)(F)F)ccn1. The van der Waals surface area contributed by atoms with Gasteiger partial charge in [0.1, 0.15) is 0 Å². The quantitative estimate of drug-likeness (QED) is 0.713. The van der Waals surface area contributed by atoms with Crippen LogP contribution in [0.2, 0.25) is 0 Å². The van der Waals surface area contributed by atoms with Gasteiger partial charge in [-0.25, -0.2) is 4.98 Å². The third kappa shape index (κ3) is 3.31. The number of methoxy groups -OCH3 is 1. The molecule has 5 heteroatoms. The van der Waals surface area contributed by atoms with Crippen molar-refractivity contribution >= 4 is 0 Å².